The van der Waals surface area contributed by atoms with Gasteiger partial charge in [-0.05, 0) is 64.0 Å². The Bertz CT molecular complexity index is 551. The van der Waals surface area contributed by atoms with E-state index in [0.717, 1.165) is 25.2 Å². The van der Waals surface area contributed by atoms with Gasteiger partial charge < -0.3 is 4.74 Å². The SMILES string of the molecule is C=C(C)CC(C)(C)OC.CC.CC1=CC=C2C=CCC2=CC1.CC1CCC1. The molecule has 0 aromatic rings. The number of fused-ring (bicyclic) bond motifs is 1. The molecule has 3 aliphatic carbocycles. The van der Waals surface area contributed by atoms with Gasteiger partial charge in [-0.2, -0.15) is 0 Å². The molecule has 1 fully saturated rings. The van der Waals surface area contributed by atoms with Crippen LogP contribution in [0, 0.1) is 5.92 Å². The van der Waals surface area contributed by atoms with Crippen LogP contribution in [0.15, 0.2) is 59.3 Å². The van der Waals surface area contributed by atoms with Crippen LogP contribution < -0.4 is 0 Å². The Morgan fingerprint density at radius 2 is 1.78 bits per heavy atom. The number of rotatable bonds is 3. The Kier molecular flexibility index (Phi) is 13.1. The van der Waals surface area contributed by atoms with Crippen LogP contribution in [-0.2, 0) is 4.74 Å². The van der Waals surface area contributed by atoms with Gasteiger partial charge in [-0.25, -0.2) is 0 Å². The van der Waals surface area contributed by atoms with Crippen molar-refractivity contribution in [2.24, 2.45) is 5.92 Å². The van der Waals surface area contributed by atoms with Crippen molar-refractivity contribution in [2.45, 2.75) is 92.6 Å². The fraction of sp³-hybridized carbons (Fsp3) is 0.615. The van der Waals surface area contributed by atoms with Crippen molar-refractivity contribution in [1.29, 1.82) is 0 Å². The molecular weight excluding hydrogens is 328 g/mol. The highest BCUT2D eigenvalue weighted by Gasteiger charge is 2.15. The molecule has 0 heterocycles. The van der Waals surface area contributed by atoms with Gasteiger partial charge in [0.25, 0.3) is 0 Å². The lowest BCUT2D eigenvalue weighted by Crippen LogP contribution is -2.22. The van der Waals surface area contributed by atoms with Crippen LogP contribution in [0.4, 0.5) is 0 Å². The summed E-state index contributed by atoms with van der Waals surface area (Å²) in [4.78, 5) is 0. The normalized spacial score (nSPS) is 17.7. The van der Waals surface area contributed by atoms with E-state index in [0.29, 0.717) is 0 Å². The predicted molar refractivity (Wildman–Crippen MR) is 123 cm³/mol. The van der Waals surface area contributed by atoms with Crippen molar-refractivity contribution < 1.29 is 4.74 Å². The minimum Gasteiger partial charge on any atom is -0.378 e. The molecule has 0 atom stereocenters. The van der Waals surface area contributed by atoms with Gasteiger partial charge in [-0.1, -0.05) is 81.6 Å². The van der Waals surface area contributed by atoms with E-state index in [4.69, 9.17) is 4.74 Å². The van der Waals surface area contributed by atoms with Gasteiger partial charge in [0.15, 0.2) is 0 Å². The second-order valence-corrected chi connectivity index (χ2v) is 8.31. The lowest BCUT2D eigenvalue weighted by Gasteiger charge is -2.22. The monoisotopic (exact) mass is 372 g/mol. The molecule has 0 aromatic heterocycles. The zero-order chi connectivity index (χ0) is 20.9. The standard InChI is InChI=1S/C11H12.C8H16O.C5H10.C2H6/c1-9-5-7-10-3-2-4-11(10)8-6-9;1-7(2)6-8(3,4)9-5;1-5-3-2-4-5;1-2/h2-3,5,7-8H,4,6H2,1H3;1,6H2,2-5H3;5H,2-4H2,1H3;1-2H3. The zero-order valence-electron chi connectivity index (χ0n) is 19.3. The molecule has 3 aliphatic rings. The molecule has 1 heteroatoms. The molecule has 3 rings (SSSR count). The fourth-order valence-corrected chi connectivity index (χ4v) is 2.90. The summed E-state index contributed by atoms with van der Waals surface area (Å²) in [6.07, 6.45) is 18.9. The van der Waals surface area contributed by atoms with E-state index in [1.54, 1.807) is 7.11 Å². The topological polar surface area (TPSA) is 9.23 Å². The minimum absolute atomic E-state index is 0.0359. The first-order valence-corrected chi connectivity index (χ1v) is 10.7. The first-order valence-electron chi connectivity index (χ1n) is 10.7. The van der Waals surface area contributed by atoms with Crippen LogP contribution in [0.1, 0.15) is 87.0 Å². The number of ether oxygens (including phenoxy) is 1. The van der Waals surface area contributed by atoms with Crippen LogP contribution >= 0.6 is 0 Å². The zero-order valence-corrected chi connectivity index (χ0v) is 19.3. The maximum atomic E-state index is 5.19. The summed E-state index contributed by atoms with van der Waals surface area (Å²) in [5.74, 6) is 1.06. The molecule has 0 bridgehead atoms. The average Bonchev–Trinajstić information content (AvgIpc) is 2.98. The summed E-state index contributed by atoms with van der Waals surface area (Å²) >= 11 is 0. The quantitative estimate of drug-likeness (QED) is 0.452. The van der Waals surface area contributed by atoms with Crippen molar-refractivity contribution in [3.8, 4) is 0 Å². The Hall–Kier alpha value is -1.34. The summed E-state index contributed by atoms with van der Waals surface area (Å²) in [5.41, 5.74) is 5.49. The molecule has 0 aromatic carbocycles. The first kappa shape index (κ1) is 25.7. The largest absolute Gasteiger partial charge is 0.378 e. The van der Waals surface area contributed by atoms with Crippen LogP contribution in [-0.4, -0.2) is 12.7 Å². The van der Waals surface area contributed by atoms with Gasteiger partial charge in [-0.15, -0.1) is 6.58 Å². The maximum Gasteiger partial charge on any atom is 0.0659 e. The average molecular weight is 373 g/mol. The molecule has 0 N–H and O–H groups in total. The third-order valence-corrected chi connectivity index (χ3v) is 4.90. The maximum absolute atomic E-state index is 5.19. The second-order valence-electron chi connectivity index (χ2n) is 8.31. The lowest BCUT2D eigenvalue weighted by atomic mass is 9.88. The van der Waals surface area contributed by atoms with E-state index in [-0.39, 0.29) is 5.60 Å². The van der Waals surface area contributed by atoms with Crippen LogP contribution in [0.5, 0.6) is 0 Å². The number of allylic oxidation sites excluding steroid dienone is 8. The predicted octanol–water partition coefficient (Wildman–Crippen LogP) is 8.36. The number of methoxy groups -OCH3 is 1. The third-order valence-electron chi connectivity index (χ3n) is 4.90. The summed E-state index contributed by atoms with van der Waals surface area (Å²) < 4.78 is 5.19. The molecule has 0 radical (unpaired) electrons. The minimum atomic E-state index is -0.0359. The molecule has 1 saturated carbocycles. The van der Waals surface area contributed by atoms with Crippen molar-refractivity contribution in [3.05, 3.63) is 59.3 Å². The number of hydrogen-bond donors (Lipinski definition) is 0. The Balaban J connectivity index is 0.000000380. The van der Waals surface area contributed by atoms with Crippen molar-refractivity contribution >= 4 is 0 Å². The Morgan fingerprint density at radius 3 is 2.19 bits per heavy atom. The van der Waals surface area contributed by atoms with Crippen molar-refractivity contribution in [2.75, 3.05) is 7.11 Å². The lowest BCUT2D eigenvalue weighted by molar-refractivity contribution is 0.0233. The molecule has 0 amide bonds. The molecular formula is C26H44O. The van der Waals surface area contributed by atoms with Crippen LogP contribution in [0.25, 0.3) is 0 Å². The summed E-state index contributed by atoms with van der Waals surface area (Å²) in [7, 11) is 1.73. The van der Waals surface area contributed by atoms with E-state index in [1.807, 2.05) is 20.8 Å². The molecule has 0 spiro atoms. The molecule has 0 saturated heterocycles. The highest BCUT2D eigenvalue weighted by Crippen LogP contribution is 2.27. The molecule has 0 unspecified atom stereocenters. The van der Waals surface area contributed by atoms with Gasteiger partial charge in [0.2, 0.25) is 0 Å². The Labute approximate surface area is 170 Å². The van der Waals surface area contributed by atoms with Crippen molar-refractivity contribution in [1.82, 2.24) is 0 Å². The molecule has 1 nitrogen and oxygen atoms in total. The van der Waals surface area contributed by atoms with Gasteiger partial charge in [0, 0.05) is 7.11 Å². The fourth-order valence-electron chi connectivity index (χ4n) is 2.90. The second kappa shape index (κ2) is 13.8. The van der Waals surface area contributed by atoms with Crippen LogP contribution in [0.3, 0.4) is 0 Å². The first-order chi connectivity index (χ1) is 12.7. The van der Waals surface area contributed by atoms with Gasteiger partial charge in [-0.3, -0.25) is 0 Å². The van der Waals surface area contributed by atoms with E-state index in [1.165, 1.54) is 41.6 Å². The summed E-state index contributed by atoms with van der Waals surface area (Å²) in [6, 6.07) is 0. The summed E-state index contributed by atoms with van der Waals surface area (Å²) in [6.45, 7) is 18.4. The smallest absolute Gasteiger partial charge is 0.0659 e. The van der Waals surface area contributed by atoms with E-state index in [9.17, 15) is 0 Å². The third kappa shape index (κ3) is 11.9. The number of hydrogen-bond acceptors (Lipinski definition) is 1. The Morgan fingerprint density at radius 1 is 1.19 bits per heavy atom. The van der Waals surface area contributed by atoms with Crippen LogP contribution in [0.2, 0.25) is 0 Å². The van der Waals surface area contributed by atoms with Gasteiger partial charge in [0.1, 0.15) is 0 Å². The molecule has 0 aliphatic heterocycles. The molecule has 154 valence electrons. The van der Waals surface area contributed by atoms with E-state index >= 15 is 0 Å². The van der Waals surface area contributed by atoms with E-state index < -0.39 is 0 Å². The molecule has 27 heavy (non-hydrogen) atoms. The summed E-state index contributed by atoms with van der Waals surface area (Å²) in [5, 5.41) is 0. The highest BCUT2D eigenvalue weighted by atomic mass is 16.5. The van der Waals surface area contributed by atoms with E-state index in [2.05, 4.69) is 64.7 Å². The van der Waals surface area contributed by atoms with Gasteiger partial charge >= 0.3 is 0 Å². The highest BCUT2D eigenvalue weighted by molar-refractivity contribution is 5.50. The van der Waals surface area contributed by atoms with Crippen molar-refractivity contribution in [3.63, 3.8) is 0 Å². The van der Waals surface area contributed by atoms with Gasteiger partial charge in [0.05, 0.1) is 5.60 Å².